The van der Waals surface area contributed by atoms with E-state index in [9.17, 15) is 4.79 Å². The molecule has 0 saturated heterocycles. The normalized spacial score (nSPS) is 12.7. The maximum atomic E-state index is 11.6. The Balaban J connectivity index is 2.41. The first-order valence-corrected chi connectivity index (χ1v) is 6.54. The van der Waals surface area contributed by atoms with E-state index in [0.29, 0.717) is 0 Å². The molecule has 1 N–H and O–H groups in total. The highest BCUT2D eigenvalue weighted by Gasteiger charge is 2.18. The Morgan fingerprint density at radius 2 is 2.37 bits per heavy atom. The molecule has 1 unspecified atom stereocenters. The number of methoxy groups -OCH3 is 1. The van der Waals surface area contributed by atoms with Gasteiger partial charge >= 0.3 is 5.97 Å². The second-order valence-electron chi connectivity index (χ2n) is 4.61. The molecule has 1 rings (SSSR count). The molecule has 0 aromatic carbocycles. The van der Waals surface area contributed by atoms with E-state index in [-0.39, 0.29) is 12.0 Å². The zero-order valence-electron chi connectivity index (χ0n) is 12.2. The number of imidazole rings is 1. The van der Waals surface area contributed by atoms with Gasteiger partial charge in [-0.05, 0) is 20.0 Å². The molecule has 0 bridgehead atoms. The molecule has 19 heavy (non-hydrogen) atoms. The second-order valence-corrected chi connectivity index (χ2v) is 4.61. The Morgan fingerprint density at radius 1 is 1.63 bits per heavy atom. The highest BCUT2D eigenvalue weighted by atomic mass is 16.5. The van der Waals surface area contributed by atoms with Gasteiger partial charge in [0, 0.05) is 26.0 Å². The molecule has 6 heteroatoms. The summed E-state index contributed by atoms with van der Waals surface area (Å²) in [6.07, 6.45) is 4.44. The highest BCUT2D eigenvalue weighted by Crippen LogP contribution is 2.02. The lowest BCUT2D eigenvalue weighted by Gasteiger charge is -2.20. The summed E-state index contributed by atoms with van der Waals surface area (Å²) in [6, 6.07) is -0.237. The van der Waals surface area contributed by atoms with E-state index in [1.807, 2.05) is 31.8 Å². The molecule has 1 heterocycles. The van der Waals surface area contributed by atoms with Crippen molar-refractivity contribution in [3.05, 3.63) is 18.2 Å². The Hall–Kier alpha value is -1.40. The number of nitrogens with one attached hydrogen (secondary N) is 1. The zero-order chi connectivity index (χ0) is 14.3. The molecule has 1 atom stereocenters. The number of aryl methyl sites for hydroxylation is 1. The maximum Gasteiger partial charge on any atom is 0.322 e. The molecule has 0 saturated carbocycles. The fourth-order valence-electron chi connectivity index (χ4n) is 1.91. The Morgan fingerprint density at radius 3 is 2.89 bits per heavy atom. The van der Waals surface area contributed by atoms with Gasteiger partial charge in [-0.2, -0.15) is 0 Å². The number of hydrogen-bond acceptors (Lipinski definition) is 5. The molecule has 0 spiro atoms. The van der Waals surface area contributed by atoms with Crippen LogP contribution in [0.1, 0.15) is 19.2 Å². The molecule has 0 amide bonds. The van der Waals surface area contributed by atoms with E-state index < -0.39 is 0 Å². The van der Waals surface area contributed by atoms with E-state index in [4.69, 9.17) is 4.74 Å². The van der Waals surface area contributed by atoms with Crippen molar-refractivity contribution in [1.29, 1.82) is 0 Å². The first kappa shape index (κ1) is 15.7. The lowest BCUT2D eigenvalue weighted by Crippen LogP contribution is -2.40. The topological polar surface area (TPSA) is 59.4 Å². The summed E-state index contributed by atoms with van der Waals surface area (Å²) in [7, 11) is 5.42. The maximum absolute atomic E-state index is 11.6. The summed E-state index contributed by atoms with van der Waals surface area (Å²) in [5.41, 5.74) is 0. The van der Waals surface area contributed by atoms with Gasteiger partial charge in [0.25, 0.3) is 0 Å². The van der Waals surface area contributed by atoms with Crippen LogP contribution in [0.3, 0.4) is 0 Å². The van der Waals surface area contributed by atoms with Gasteiger partial charge in [-0.25, -0.2) is 4.98 Å². The van der Waals surface area contributed by atoms with Gasteiger partial charge in [-0.15, -0.1) is 0 Å². The van der Waals surface area contributed by atoms with Crippen LogP contribution in [-0.4, -0.2) is 53.7 Å². The highest BCUT2D eigenvalue weighted by molar-refractivity contribution is 5.75. The van der Waals surface area contributed by atoms with Crippen LogP contribution in [0.15, 0.2) is 12.4 Å². The molecule has 1 aromatic heterocycles. The van der Waals surface area contributed by atoms with Crippen LogP contribution in [0.4, 0.5) is 0 Å². The van der Waals surface area contributed by atoms with Crippen molar-refractivity contribution >= 4 is 5.97 Å². The van der Waals surface area contributed by atoms with Crippen molar-refractivity contribution in [3.63, 3.8) is 0 Å². The third-order valence-corrected chi connectivity index (χ3v) is 3.07. The molecular weight excluding hydrogens is 244 g/mol. The minimum absolute atomic E-state index is 0.202. The molecule has 0 radical (unpaired) electrons. The predicted molar refractivity (Wildman–Crippen MR) is 73.6 cm³/mol. The summed E-state index contributed by atoms with van der Waals surface area (Å²) in [5, 5.41) is 3.14. The average molecular weight is 268 g/mol. The van der Waals surface area contributed by atoms with Crippen LogP contribution in [0.25, 0.3) is 0 Å². The molecule has 0 fully saturated rings. The summed E-state index contributed by atoms with van der Waals surface area (Å²) >= 11 is 0. The molecule has 0 aliphatic heterocycles. The standard InChI is InChI=1S/C13H24N4O2/c1-5-14-11(13(18)19-4)6-8-16(2)10-12-15-7-9-17(12)3/h7,9,11,14H,5-6,8,10H2,1-4H3. The van der Waals surface area contributed by atoms with Gasteiger partial charge in [0.2, 0.25) is 0 Å². The Bertz CT molecular complexity index is 392. The van der Waals surface area contributed by atoms with Gasteiger partial charge in [0.15, 0.2) is 0 Å². The van der Waals surface area contributed by atoms with E-state index in [1.165, 1.54) is 7.11 Å². The van der Waals surface area contributed by atoms with Gasteiger partial charge in [0.1, 0.15) is 11.9 Å². The number of carbonyl (C=O) groups excluding carboxylic acids is 1. The van der Waals surface area contributed by atoms with Crippen molar-refractivity contribution in [1.82, 2.24) is 19.8 Å². The first-order valence-electron chi connectivity index (χ1n) is 6.54. The first-order chi connectivity index (χ1) is 9.08. The molecular formula is C13H24N4O2. The number of nitrogens with zero attached hydrogens (tertiary/aromatic N) is 3. The largest absolute Gasteiger partial charge is 0.468 e. The number of aromatic nitrogens is 2. The van der Waals surface area contributed by atoms with Gasteiger partial charge in [0.05, 0.1) is 13.7 Å². The fraction of sp³-hybridized carbons (Fsp3) is 0.692. The van der Waals surface area contributed by atoms with Gasteiger partial charge in [-0.3, -0.25) is 9.69 Å². The van der Waals surface area contributed by atoms with E-state index >= 15 is 0 Å². The predicted octanol–water partition coefficient (Wildman–Crippen LogP) is 0.393. The number of hydrogen-bond donors (Lipinski definition) is 1. The number of rotatable bonds is 8. The van der Waals surface area contributed by atoms with Crippen molar-refractivity contribution < 1.29 is 9.53 Å². The molecule has 0 aliphatic carbocycles. The molecule has 0 aliphatic rings. The summed E-state index contributed by atoms with van der Waals surface area (Å²) in [6.45, 7) is 4.31. The lowest BCUT2D eigenvalue weighted by molar-refractivity contribution is -0.143. The number of likely N-dealkylation sites (N-methyl/N-ethyl adjacent to an activating group) is 1. The van der Waals surface area contributed by atoms with Crippen molar-refractivity contribution in [3.8, 4) is 0 Å². The van der Waals surface area contributed by atoms with Gasteiger partial charge < -0.3 is 14.6 Å². The Kier molecular flexibility index (Phi) is 6.52. The average Bonchev–Trinajstić information content (AvgIpc) is 2.79. The number of esters is 1. The number of ether oxygens (including phenoxy) is 1. The SMILES string of the molecule is CCNC(CCN(C)Cc1nccn1C)C(=O)OC. The summed E-state index contributed by atoms with van der Waals surface area (Å²) in [4.78, 5) is 18.0. The third kappa shape index (κ3) is 5.00. The minimum Gasteiger partial charge on any atom is -0.468 e. The quantitative estimate of drug-likeness (QED) is 0.691. The third-order valence-electron chi connectivity index (χ3n) is 3.07. The zero-order valence-corrected chi connectivity index (χ0v) is 12.2. The fourth-order valence-corrected chi connectivity index (χ4v) is 1.91. The minimum atomic E-state index is -0.237. The van der Waals surface area contributed by atoms with Crippen molar-refractivity contribution in [2.45, 2.75) is 25.9 Å². The monoisotopic (exact) mass is 268 g/mol. The van der Waals surface area contributed by atoms with E-state index in [2.05, 4.69) is 15.2 Å². The number of carbonyl (C=O) groups is 1. The van der Waals surface area contributed by atoms with Crippen LogP contribution < -0.4 is 5.32 Å². The van der Waals surface area contributed by atoms with Crippen molar-refractivity contribution in [2.24, 2.45) is 7.05 Å². The molecule has 1 aromatic rings. The van der Waals surface area contributed by atoms with Crippen LogP contribution in [0, 0.1) is 0 Å². The van der Waals surface area contributed by atoms with Crippen LogP contribution in [-0.2, 0) is 23.1 Å². The second kappa shape index (κ2) is 7.91. The van der Waals surface area contributed by atoms with E-state index in [0.717, 1.165) is 31.9 Å². The molecule has 108 valence electrons. The lowest BCUT2D eigenvalue weighted by atomic mass is 10.2. The van der Waals surface area contributed by atoms with E-state index in [1.54, 1.807) is 6.20 Å². The summed E-state index contributed by atoms with van der Waals surface area (Å²) in [5.74, 6) is 0.813. The van der Waals surface area contributed by atoms with Gasteiger partial charge in [-0.1, -0.05) is 6.92 Å². The van der Waals surface area contributed by atoms with Crippen LogP contribution in [0.2, 0.25) is 0 Å². The van der Waals surface area contributed by atoms with Crippen LogP contribution in [0.5, 0.6) is 0 Å². The molecule has 6 nitrogen and oxygen atoms in total. The smallest absolute Gasteiger partial charge is 0.322 e. The van der Waals surface area contributed by atoms with Crippen molar-refractivity contribution in [2.75, 3.05) is 27.2 Å². The van der Waals surface area contributed by atoms with Crippen LogP contribution >= 0.6 is 0 Å². The Labute approximate surface area is 114 Å². The summed E-state index contributed by atoms with van der Waals surface area (Å²) < 4.78 is 6.78.